The lowest BCUT2D eigenvalue weighted by Gasteiger charge is -2.23. The van der Waals surface area contributed by atoms with Crippen LogP contribution in [0.2, 0.25) is 0 Å². The molecule has 1 aliphatic rings. The number of carbonyl (C=O) groups excluding carboxylic acids is 1. The fourth-order valence-electron chi connectivity index (χ4n) is 2.66. The summed E-state index contributed by atoms with van der Waals surface area (Å²) in [7, 11) is 3.02. The van der Waals surface area contributed by atoms with Gasteiger partial charge in [-0.2, -0.15) is 5.11 Å². The number of ether oxygens (including phenoxy) is 4. The quantitative estimate of drug-likeness (QED) is 0.663. The first-order chi connectivity index (χ1) is 14.0. The number of esters is 1. The highest BCUT2D eigenvalue weighted by Crippen LogP contribution is 2.32. The summed E-state index contributed by atoms with van der Waals surface area (Å²) in [5.74, 6) is 0.435. The van der Waals surface area contributed by atoms with Crippen LogP contribution in [0, 0.1) is 5.82 Å². The molecule has 2 aromatic rings. The zero-order chi connectivity index (χ0) is 20.8. The molecule has 2 unspecified atom stereocenters. The molecule has 0 aromatic heterocycles. The van der Waals surface area contributed by atoms with Crippen molar-refractivity contribution in [3.8, 4) is 17.2 Å². The Morgan fingerprint density at radius 1 is 1.10 bits per heavy atom. The van der Waals surface area contributed by atoms with Crippen molar-refractivity contribution < 1.29 is 28.1 Å². The molecule has 0 bridgehead atoms. The molecule has 0 radical (unpaired) electrons. The van der Waals surface area contributed by atoms with E-state index in [0.29, 0.717) is 22.8 Å². The minimum atomic E-state index is -1.10. The van der Waals surface area contributed by atoms with E-state index in [1.54, 1.807) is 31.2 Å². The van der Waals surface area contributed by atoms with Crippen LogP contribution < -0.4 is 14.2 Å². The van der Waals surface area contributed by atoms with Crippen LogP contribution in [0.3, 0.4) is 0 Å². The van der Waals surface area contributed by atoms with Crippen LogP contribution in [0.1, 0.15) is 12.5 Å². The maximum atomic E-state index is 13.6. The van der Waals surface area contributed by atoms with Crippen molar-refractivity contribution in [3.05, 3.63) is 53.8 Å². The van der Waals surface area contributed by atoms with Crippen molar-refractivity contribution in [2.24, 2.45) is 15.2 Å². The number of benzene rings is 2. The highest BCUT2D eigenvalue weighted by atomic mass is 19.1. The first-order valence-corrected chi connectivity index (χ1v) is 8.85. The molecular formula is C20H20FN3O5. The lowest BCUT2D eigenvalue weighted by Crippen LogP contribution is -2.39. The van der Waals surface area contributed by atoms with Crippen molar-refractivity contribution in [2.45, 2.75) is 19.2 Å². The minimum Gasteiger partial charge on any atom is -0.493 e. The Labute approximate surface area is 167 Å². The first-order valence-electron chi connectivity index (χ1n) is 8.85. The highest BCUT2D eigenvalue weighted by Gasteiger charge is 2.35. The first kappa shape index (κ1) is 20.2. The van der Waals surface area contributed by atoms with Gasteiger partial charge in [0.2, 0.25) is 12.3 Å². The van der Waals surface area contributed by atoms with Crippen LogP contribution in [-0.2, 0) is 9.53 Å². The fourth-order valence-corrected chi connectivity index (χ4v) is 2.66. The molecule has 0 spiro atoms. The van der Waals surface area contributed by atoms with E-state index in [0.717, 1.165) is 0 Å². The van der Waals surface area contributed by atoms with Gasteiger partial charge in [-0.1, -0.05) is 12.1 Å². The van der Waals surface area contributed by atoms with Crippen LogP contribution in [-0.4, -0.2) is 44.9 Å². The molecule has 9 heteroatoms. The Hall–Kier alpha value is -3.49. The molecule has 2 aromatic carbocycles. The average Bonchev–Trinajstić information content (AvgIpc) is 2.73. The van der Waals surface area contributed by atoms with E-state index in [2.05, 4.69) is 15.2 Å². The largest absolute Gasteiger partial charge is 0.493 e. The second-order valence-corrected chi connectivity index (χ2v) is 5.90. The minimum absolute atomic E-state index is 0.149. The number of hydrogen-bond donors (Lipinski definition) is 0. The molecule has 0 aliphatic carbocycles. The van der Waals surface area contributed by atoms with Gasteiger partial charge in [-0.05, 0) is 31.2 Å². The van der Waals surface area contributed by atoms with Crippen molar-refractivity contribution in [3.63, 3.8) is 0 Å². The number of methoxy groups -OCH3 is 2. The van der Waals surface area contributed by atoms with E-state index < -0.39 is 24.1 Å². The van der Waals surface area contributed by atoms with Crippen molar-refractivity contribution in [1.29, 1.82) is 0 Å². The third-order valence-corrected chi connectivity index (χ3v) is 4.02. The summed E-state index contributed by atoms with van der Waals surface area (Å²) in [6.07, 6.45) is -1.05. The van der Waals surface area contributed by atoms with Gasteiger partial charge in [0.25, 0.3) is 0 Å². The van der Waals surface area contributed by atoms with Gasteiger partial charge in [0.05, 0.1) is 20.8 Å². The predicted molar refractivity (Wildman–Crippen MR) is 102 cm³/mol. The zero-order valence-corrected chi connectivity index (χ0v) is 16.2. The highest BCUT2D eigenvalue weighted by molar-refractivity contribution is 6.00. The third kappa shape index (κ3) is 4.68. The molecule has 8 nitrogen and oxygen atoms in total. The summed E-state index contributed by atoms with van der Waals surface area (Å²) in [4.78, 5) is 16.7. The molecule has 3 rings (SSSR count). The van der Waals surface area contributed by atoms with Gasteiger partial charge in [0, 0.05) is 11.6 Å². The van der Waals surface area contributed by atoms with Crippen LogP contribution in [0.15, 0.2) is 57.7 Å². The number of aliphatic imine (C=N–C) groups is 1. The monoisotopic (exact) mass is 401 g/mol. The molecule has 0 N–H and O–H groups in total. The number of carbonyl (C=O) groups is 1. The Morgan fingerprint density at radius 2 is 1.90 bits per heavy atom. The van der Waals surface area contributed by atoms with Gasteiger partial charge < -0.3 is 18.9 Å². The zero-order valence-electron chi connectivity index (χ0n) is 16.2. The maximum absolute atomic E-state index is 13.6. The Balaban J connectivity index is 1.93. The SMILES string of the molecule is CCOC(=O)C1N=NC(c2cccc(F)c2)=NC1Oc1ccc(OC)c(OC)c1. The predicted octanol–water partition coefficient (Wildman–Crippen LogP) is 3.39. The molecule has 1 aliphatic heterocycles. The van der Waals surface area contributed by atoms with Gasteiger partial charge in [-0.25, -0.2) is 14.2 Å². The average molecular weight is 401 g/mol. The van der Waals surface area contributed by atoms with E-state index in [-0.39, 0.29) is 12.4 Å². The van der Waals surface area contributed by atoms with E-state index in [4.69, 9.17) is 18.9 Å². The Bertz CT molecular complexity index is 947. The second kappa shape index (κ2) is 9.13. The lowest BCUT2D eigenvalue weighted by molar-refractivity contribution is -0.147. The molecule has 29 heavy (non-hydrogen) atoms. The second-order valence-electron chi connectivity index (χ2n) is 5.90. The normalized spacial score (nSPS) is 18.0. The molecule has 0 saturated carbocycles. The van der Waals surface area contributed by atoms with E-state index in [1.807, 2.05) is 0 Å². The summed E-state index contributed by atoms with van der Waals surface area (Å²) in [5.41, 5.74) is 0.414. The lowest BCUT2D eigenvalue weighted by atomic mass is 10.2. The summed E-state index contributed by atoms with van der Waals surface area (Å²) in [6, 6.07) is 9.56. The van der Waals surface area contributed by atoms with Crippen LogP contribution in [0.4, 0.5) is 4.39 Å². The summed E-state index contributed by atoms with van der Waals surface area (Å²) in [5, 5.41) is 7.97. The Morgan fingerprint density at radius 3 is 2.59 bits per heavy atom. The number of hydrogen-bond acceptors (Lipinski definition) is 8. The number of rotatable bonds is 7. The summed E-state index contributed by atoms with van der Waals surface area (Å²) >= 11 is 0. The van der Waals surface area contributed by atoms with Gasteiger partial charge in [-0.15, -0.1) is 5.11 Å². The molecule has 2 atom stereocenters. The topological polar surface area (TPSA) is 91.1 Å². The van der Waals surface area contributed by atoms with Gasteiger partial charge in [0.1, 0.15) is 11.6 Å². The molecule has 0 amide bonds. The standard InChI is InChI=1S/C20H20FN3O5/c1-4-28-20(25)17-19(29-14-8-9-15(26-2)16(11-14)27-3)22-18(24-23-17)12-6-5-7-13(21)10-12/h5-11,17,19H,4H2,1-3H3. The molecule has 152 valence electrons. The molecule has 0 fully saturated rings. The third-order valence-electron chi connectivity index (χ3n) is 4.02. The van der Waals surface area contributed by atoms with E-state index in [1.165, 1.54) is 32.4 Å². The van der Waals surface area contributed by atoms with Crippen LogP contribution >= 0.6 is 0 Å². The van der Waals surface area contributed by atoms with Crippen LogP contribution in [0.5, 0.6) is 17.2 Å². The van der Waals surface area contributed by atoms with Crippen molar-refractivity contribution >= 4 is 11.8 Å². The number of nitrogens with zero attached hydrogens (tertiary/aromatic N) is 3. The summed E-state index contributed by atoms with van der Waals surface area (Å²) < 4.78 is 35.0. The smallest absolute Gasteiger partial charge is 0.338 e. The van der Waals surface area contributed by atoms with Gasteiger partial charge in [0.15, 0.2) is 17.3 Å². The maximum Gasteiger partial charge on any atom is 0.338 e. The fraction of sp³-hybridized carbons (Fsp3) is 0.300. The van der Waals surface area contributed by atoms with Crippen LogP contribution in [0.25, 0.3) is 0 Å². The van der Waals surface area contributed by atoms with Gasteiger partial charge in [-0.3, -0.25) is 0 Å². The van der Waals surface area contributed by atoms with Crippen molar-refractivity contribution in [1.82, 2.24) is 0 Å². The summed E-state index contributed by atoms with van der Waals surface area (Å²) in [6.45, 7) is 1.86. The molecule has 1 heterocycles. The number of azo groups is 1. The molecule has 0 saturated heterocycles. The number of halogens is 1. The molecular weight excluding hydrogens is 381 g/mol. The van der Waals surface area contributed by atoms with E-state index >= 15 is 0 Å². The number of amidine groups is 1. The Kier molecular flexibility index (Phi) is 6.38. The van der Waals surface area contributed by atoms with E-state index in [9.17, 15) is 9.18 Å². The van der Waals surface area contributed by atoms with Crippen molar-refractivity contribution in [2.75, 3.05) is 20.8 Å². The van der Waals surface area contributed by atoms with Gasteiger partial charge >= 0.3 is 5.97 Å².